The van der Waals surface area contributed by atoms with E-state index in [9.17, 15) is 9.59 Å². The molecule has 2 aliphatic rings. The maximum Gasteiger partial charge on any atom is 0.325 e. The second kappa shape index (κ2) is 5.35. The molecule has 3 amide bonds. The molecular formula is C14H21N5O3. The van der Waals surface area contributed by atoms with Gasteiger partial charge >= 0.3 is 6.03 Å². The Morgan fingerprint density at radius 1 is 1.41 bits per heavy atom. The van der Waals surface area contributed by atoms with Crippen molar-refractivity contribution in [3.63, 3.8) is 0 Å². The number of nitrogens with zero attached hydrogens (tertiary/aromatic N) is 4. The van der Waals surface area contributed by atoms with Crippen LogP contribution < -0.4 is 5.32 Å². The lowest BCUT2D eigenvalue weighted by atomic mass is 9.99. The van der Waals surface area contributed by atoms with Gasteiger partial charge in [-0.2, -0.15) is 4.98 Å². The number of amides is 3. The molecule has 1 aromatic rings. The van der Waals surface area contributed by atoms with Crippen LogP contribution in [0.25, 0.3) is 0 Å². The Morgan fingerprint density at radius 3 is 2.77 bits per heavy atom. The van der Waals surface area contributed by atoms with Gasteiger partial charge in [0.05, 0.1) is 6.54 Å². The van der Waals surface area contributed by atoms with Crippen LogP contribution in [0.1, 0.15) is 38.9 Å². The maximum atomic E-state index is 12.6. The van der Waals surface area contributed by atoms with E-state index in [1.165, 1.54) is 4.90 Å². The molecule has 2 saturated heterocycles. The standard InChI is InChI=1S/C14H21N5O3/c1-4-10-15-11(22-17-10)7-18-6-5-14(8-18)12(20)19(9(2)3)13(21)16-14/h9H,4-8H2,1-3H3,(H,16,21)/t14-/m0/s1. The average molecular weight is 307 g/mol. The van der Waals surface area contributed by atoms with Crippen LogP contribution in [0.4, 0.5) is 4.79 Å². The smallest absolute Gasteiger partial charge is 0.325 e. The number of likely N-dealkylation sites (tertiary alicyclic amines) is 1. The van der Waals surface area contributed by atoms with E-state index in [0.29, 0.717) is 37.8 Å². The lowest BCUT2D eigenvalue weighted by Gasteiger charge is -2.22. The molecular weight excluding hydrogens is 286 g/mol. The van der Waals surface area contributed by atoms with Crippen LogP contribution in [0.5, 0.6) is 0 Å². The molecule has 2 fully saturated rings. The van der Waals surface area contributed by atoms with Gasteiger partial charge in [-0.1, -0.05) is 12.1 Å². The minimum atomic E-state index is -0.797. The Balaban J connectivity index is 1.69. The summed E-state index contributed by atoms with van der Waals surface area (Å²) in [6.45, 7) is 7.33. The van der Waals surface area contributed by atoms with E-state index in [0.717, 1.165) is 6.42 Å². The lowest BCUT2D eigenvalue weighted by Crippen LogP contribution is -2.49. The molecule has 0 aromatic carbocycles. The number of aromatic nitrogens is 2. The normalized spacial score (nSPS) is 25.7. The van der Waals surface area contributed by atoms with E-state index in [1.807, 2.05) is 20.8 Å². The van der Waals surface area contributed by atoms with Crippen molar-refractivity contribution in [3.05, 3.63) is 11.7 Å². The van der Waals surface area contributed by atoms with Gasteiger partial charge in [0.15, 0.2) is 5.82 Å². The predicted molar refractivity (Wildman–Crippen MR) is 76.8 cm³/mol. The second-order valence-corrected chi connectivity index (χ2v) is 6.20. The number of nitrogens with one attached hydrogen (secondary N) is 1. The summed E-state index contributed by atoms with van der Waals surface area (Å²) in [4.78, 5) is 32.3. The van der Waals surface area contributed by atoms with E-state index in [1.54, 1.807) is 0 Å². The summed E-state index contributed by atoms with van der Waals surface area (Å²) in [6.07, 6.45) is 1.33. The topological polar surface area (TPSA) is 91.6 Å². The fourth-order valence-electron chi connectivity index (χ4n) is 3.10. The molecule has 8 heteroatoms. The molecule has 1 atom stereocenters. The Labute approximate surface area is 128 Å². The zero-order valence-corrected chi connectivity index (χ0v) is 13.1. The third kappa shape index (κ3) is 2.37. The van der Waals surface area contributed by atoms with E-state index in [2.05, 4.69) is 20.4 Å². The number of rotatable bonds is 4. The molecule has 0 radical (unpaired) electrons. The molecule has 1 aromatic heterocycles. The van der Waals surface area contributed by atoms with Crippen molar-refractivity contribution >= 4 is 11.9 Å². The summed E-state index contributed by atoms with van der Waals surface area (Å²) in [7, 11) is 0. The zero-order chi connectivity index (χ0) is 15.9. The zero-order valence-electron chi connectivity index (χ0n) is 13.1. The van der Waals surface area contributed by atoms with Crippen molar-refractivity contribution in [2.45, 2.75) is 51.7 Å². The second-order valence-electron chi connectivity index (χ2n) is 6.20. The molecule has 3 heterocycles. The monoisotopic (exact) mass is 307 g/mol. The first-order valence-electron chi connectivity index (χ1n) is 7.65. The first-order chi connectivity index (χ1) is 10.4. The molecule has 0 unspecified atom stereocenters. The van der Waals surface area contributed by atoms with Crippen molar-refractivity contribution in [2.75, 3.05) is 13.1 Å². The van der Waals surface area contributed by atoms with Crippen LogP contribution in [-0.2, 0) is 17.8 Å². The maximum absolute atomic E-state index is 12.6. The van der Waals surface area contributed by atoms with Crippen molar-refractivity contribution in [2.24, 2.45) is 0 Å². The average Bonchev–Trinajstić information content (AvgIpc) is 3.12. The van der Waals surface area contributed by atoms with Gasteiger partial charge in [-0.05, 0) is 20.3 Å². The molecule has 0 aliphatic carbocycles. The quantitative estimate of drug-likeness (QED) is 0.816. The number of hydrogen-bond donors (Lipinski definition) is 1. The SMILES string of the molecule is CCc1noc(CN2CC[C@@]3(C2)NC(=O)N(C(C)C)C3=O)n1. The Kier molecular flexibility index (Phi) is 3.64. The van der Waals surface area contributed by atoms with E-state index in [4.69, 9.17) is 4.52 Å². The first kappa shape index (κ1) is 15.0. The van der Waals surface area contributed by atoms with Gasteiger partial charge in [0, 0.05) is 25.6 Å². The van der Waals surface area contributed by atoms with Gasteiger partial charge in [-0.3, -0.25) is 14.6 Å². The highest BCUT2D eigenvalue weighted by molar-refractivity contribution is 6.07. The van der Waals surface area contributed by atoms with Crippen LogP contribution in [0.2, 0.25) is 0 Å². The number of imide groups is 1. The van der Waals surface area contributed by atoms with Gasteiger partial charge in [-0.15, -0.1) is 0 Å². The van der Waals surface area contributed by atoms with E-state index < -0.39 is 5.54 Å². The molecule has 0 bridgehead atoms. The molecule has 2 aliphatic heterocycles. The number of urea groups is 1. The Bertz CT molecular complexity index is 599. The molecule has 3 rings (SSSR count). The highest BCUT2D eigenvalue weighted by Crippen LogP contribution is 2.30. The number of carbonyl (C=O) groups is 2. The number of hydrogen-bond acceptors (Lipinski definition) is 6. The molecule has 1 spiro atoms. The van der Waals surface area contributed by atoms with Gasteiger partial charge in [-0.25, -0.2) is 4.79 Å². The Hall–Kier alpha value is -1.96. The summed E-state index contributed by atoms with van der Waals surface area (Å²) in [5, 5.41) is 6.74. The van der Waals surface area contributed by atoms with Crippen LogP contribution in [0, 0.1) is 0 Å². The van der Waals surface area contributed by atoms with Gasteiger partial charge in [0.2, 0.25) is 5.89 Å². The van der Waals surface area contributed by atoms with Crippen LogP contribution in [-0.4, -0.2) is 56.5 Å². The summed E-state index contributed by atoms with van der Waals surface area (Å²) < 4.78 is 5.19. The number of carbonyl (C=O) groups excluding carboxylic acids is 2. The number of aryl methyl sites for hydroxylation is 1. The summed E-state index contributed by atoms with van der Waals surface area (Å²) in [5.74, 6) is 1.10. The van der Waals surface area contributed by atoms with Gasteiger partial charge in [0.25, 0.3) is 5.91 Å². The molecule has 8 nitrogen and oxygen atoms in total. The highest BCUT2D eigenvalue weighted by atomic mass is 16.5. The van der Waals surface area contributed by atoms with E-state index >= 15 is 0 Å². The summed E-state index contributed by atoms with van der Waals surface area (Å²) in [5.41, 5.74) is -0.797. The molecule has 120 valence electrons. The van der Waals surface area contributed by atoms with Crippen LogP contribution in [0.15, 0.2) is 4.52 Å². The first-order valence-corrected chi connectivity index (χ1v) is 7.65. The lowest BCUT2D eigenvalue weighted by molar-refractivity contribution is -0.132. The molecule has 0 saturated carbocycles. The summed E-state index contributed by atoms with van der Waals surface area (Å²) in [6, 6.07) is -0.433. The van der Waals surface area contributed by atoms with Crippen molar-refractivity contribution < 1.29 is 14.1 Å². The fourth-order valence-corrected chi connectivity index (χ4v) is 3.10. The largest absolute Gasteiger partial charge is 0.338 e. The van der Waals surface area contributed by atoms with Gasteiger partial charge in [0.1, 0.15) is 5.54 Å². The minimum Gasteiger partial charge on any atom is -0.338 e. The Morgan fingerprint density at radius 2 is 2.18 bits per heavy atom. The van der Waals surface area contributed by atoms with Crippen LogP contribution in [0.3, 0.4) is 0 Å². The predicted octanol–water partition coefficient (Wildman–Crippen LogP) is 0.537. The van der Waals surface area contributed by atoms with Crippen molar-refractivity contribution in [3.8, 4) is 0 Å². The third-order valence-electron chi connectivity index (χ3n) is 4.24. The highest BCUT2D eigenvalue weighted by Gasteiger charge is 2.55. The van der Waals surface area contributed by atoms with Crippen molar-refractivity contribution in [1.29, 1.82) is 0 Å². The fraction of sp³-hybridized carbons (Fsp3) is 0.714. The van der Waals surface area contributed by atoms with Gasteiger partial charge < -0.3 is 9.84 Å². The third-order valence-corrected chi connectivity index (χ3v) is 4.24. The molecule has 22 heavy (non-hydrogen) atoms. The van der Waals surface area contributed by atoms with Crippen LogP contribution >= 0.6 is 0 Å². The van der Waals surface area contributed by atoms with E-state index in [-0.39, 0.29) is 18.0 Å². The van der Waals surface area contributed by atoms with Crippen molar-refractivity contribution in [1.82, 2.24) is 25.3 Å². The molecule has 1 N–H and O–H groups in total. The minimum absolute atomic E-state index is 0.130. The summed E-state index contributed by atoms with van der Waals surface area (Å²) >= 11 is 0.